The van der Waals surface area contributed by atoms with Crippen molar-refractivity contribution in [1.29, 1.82) is 0 Å². The van der Waals surface area contributed by atoms with E-state index in [-0.39, 0.29) is 19.4 Å². The van der Waals surface area contributed by atoms with Crippen LogP contribution in [-0.4, -0.2) is 65.7 Å². The highest BCUT2D eigenvalue weighted by molar-refractivity contribution is 7.47. The Hall–Kier alpha value is -2.33. The molecule has 0 aliphatic carbocycles. The molecule has 0 fully saturated rings. The van der Waals surface area contributed by atoms with Crippen molar-refractivity contribution in [2.24, 2.45) is 0 Å². The first-order valence-corrected chi connectivity index (χ1v) is 24.7. The molecule has 3 unspecified atom stereocenters. The molecule has 0 aromatic rings. The van der Waals surface area contributed by atoms with E-state index in [1.807, 2.05) is 18.2 Å². The van der Waals surface area contributed by atoms with Crippen LogP contribution in [0.15, 0.2) is 60.8 Å². The highest BCUT2D eigenvalue weighted by Gasteiger charge is 2.27. The zero-order valence-electron chi connectivity index (χ0n) is 37.2. The molecule has 0 aromatic heterocycles. The van der Waals surface area contributed by atoms with E-state index in [4.69, 9.17) is 19.1 Å². The van der Waals surface area contributed by atoms with Crippen LogP contribution in [-0.2, 0) is 32.7 Å². The molecule has 0 aliphatic heterocycles. The largest absolute Gasteiger partial charge is 0.472 e. The Morgan fingerprint density at radius 2 is 0.915 bits per heavy atom. The number of carbonyl (C=O) groups is 2. The number of allylic oxidation sites excluding steroid dienone is 9. The summed E-state index contributed by atoms with van der Waals surface area (Å²) in [5, 5.41) is 18.3. The number of unbranched alkanes of at least 4 members (excludes halogenated alkanes) is 20. The van der Waals surface area contributed by atoms with E-state index in [0.717, 1.165) is 44.9 Å². The van der Waals surface area contributed by atoms with Crippen LogP contribution in [0, 0.1) is 0 Å². The predicted molar refractivity (Wildman–Crippen MR) is 242 cm³/mol. The van der Waals surface area contributed by atoms with Gasteiger partial charge < -0.3 is 24.6 Å². The van der Waals surface area contributed by atoms with E-state index in [2.05, 4.69) is 54.8 Å². The molecular weight excluding hydrogens is 767 g/mol. The third kappa shape index (κ3) is 43.6. The summed E-state index contributed by atoms with van der Waals surface area (Å²) in [4.78, 5) is 35.0. The van der Waals surface area contributed by atoms with Gasteiger partial charge in [-0.3, -0.25) is 18.6 Å². The molecule has 0 saturated heterocycles. The van der Waals surface area contributed by atoms with Crippen molar-refractivity contribution in [1.82, 2.24) is 0 Å². The van der Waals surface area contributed by atoms with Gasteiger partial charge in [-0.15, -0.1) is 0 Å². The number of rotatable bonds is 43. The van der Waals surface area contributed by atoms with E-state index in [1.165, 1.54) is 109 Å². The Labute approximate surface area is 359 Å². The first-order valence-electron chi connectivity index (χ1n) is 23.2. The molecule has 3 atom stereocenters. The Morgan fingerprint density at radius 1 is 0.525 bits per heavy atom. The third-order valence-electron chi connectivity index (χ3n) is 9.72. The van der Waals surface area contributed by atoms with Gasteiger partial charge in [0.2, 0.25) is 0 Å². The summed E-state index contributed by atoms with van der Waals surface area (Å²) in [6, 6.07) is 0. The van der Waals surface area contributed by atoms with Crippen LogP contribution in [0.1, 0.15) is 194 Å². The van der Waals surface area contributed by atoms with Crippen molar-refractivity contribution in [2.45, 2.75) is 206 Å². The summed E-state index contributed by atoms with van der Waals surface area (Å²) >= 11 is 0. The lowest BCUT2D eigenvalue weighted by atomic mass is 10.0. The fourth-order valence-corrected chi connectivity index (χ4v) is 6.98. The standard InChI is InChI=1S/C48H85O10P/c1-3-5-7-9-11-13-15-17-19-20-21-22-23-24-26-27-29-31-33-35-37-39-47(51)55-43-46(44-57-59(53,54)56-42-45(50)41-49)58-48(52)40-38-36-34-32-30-28-25-18-16-14-12-10-8-6-4-2/h6,8,12,14,18,25,30,32,36,38,45-46,49-50H,3-5,7,9-11,13,15-17,19-24,26-29,31,33-35,37,39-44H2,1-2H3,(H,53,54)/b8-6-,14-12-,25-18-,32-30-,38-36-. The minimum absolute atomic E-state index is 0.0482. The molecule has 0 saturated carbocycles. The number of phosphoric acid groups is 1. The number of ether oxygens (including phenoxy) is 2. The number of esters is 2. The van der Waals surface area contributed by atoms with Gasteiger partial charge in [0.05, 0.1) is 26.2 Å². The summed E-state index contributed by atoms with van der Waals surface area (Å²) in [7, 11) is -4.64. The molecule has 0 amide bonds. The Morgan fingerprint density at radius 3 is 1.34 bits per heavy atom. The lowest BCUT2D eigenvalue weighted by Gasteiger charge is -2.20. The number of hydrogen-bond donors (Lipinski definition) is 3. The monoisotopic (exact) mass is 853 g/mol. The van der Waals surface area contributed by atoms with Crippen molar-refractivity contribution in [3.8, 4) is 0 Å². The summed E-state index contributed by atoms with van der Waals surface area (Å²) in [5.74, 6) is -1.07. The molecule has 0 radical (unpaired) electrons. The molecular formula is C48H85O10P. The van der Waals surface area contributed by atoms with Crippen molar-refractivity contribution in [3.63, 3.8) is 0 Å². The Kier molecular flexibility index (Phi) is 42.0. The molecule has 11 heteroatoms. The lowest BCUT2D eigenvalue weighted by Crippen LogP contribution is -2.29. The maximum Gasteiger partial charge on any atom is 0.472 e. The van der Waals surface area contributed by atoms with E-state index in [9.17, 15) is 24.2 Å². The second-order valence-electron chi connectivity index (χ2n) is 15.4. The van der Waals surface area contributed by atoms with Gasteiger partial charge in [0.1, 0.15) is 12.7 Å². The van der Waals surface area contributed by atoms with Crippen LogP contribution < -0.4 is 0 Å². The van der Waals surface area contributed by atoms with Gasteiger partial charge in [0, 0.05) is 6.42 Å². The molecule has 342 valence electrons. The molecule has 10 nitrogen and oxygen atoms in total. The van der Waals surface area contributed by atoms with Gasteiger partial charge in [0.15, 0.2) is 6.10 Å². The SMILES string of the molecule is CC/C=C\C/C=C\C/C=C\C/C=C\C/C=C\CC(=O)OC(COC(=O)CCCCCCCCCCCCCCCCCCCCCCC)COP(=O)(O)OCC(O)CO. The zero-order valence-corrected chi connectivity index (χ0v) is 38.1. The smallest absolute Gasteiger partial charge is 0.462 e. The zero-order chi connectivity index (χ0) is 43.3. The topological polar surface area (TPSA) is 149 Å². The second kappa shape index (κ2) is 43.7. The first-order chi connectivity index (χ1) is 28.7. The van der Waals surface area contributed by atoms with Gasteiger partial charge in [-0.1, -0.05) is 203 Å². The average Bonchev–Trinajstić information content (AvgIpc) is 3.22. The van der Waals surface area contributed by atoms with Gasteiger partial charge in [-0.25, -0.2) is 4.57 Å². The maximum absolute atomic E-state index is 12.6. The quantitative estimate of drug-likeness (QED) is 0.0234. The normalized spacial score (nSPS) is 14.3. The van der Waals surface area contributed by atoms with Gasteiger partial charge >= 0.3 is 19.8 Å². The summed E-state index contributed by atoms with van der Waals surface area (Å²) in [6.07, 6.45) is 49.4. The fraction of sp³-hybridized carbons (Fsp3) is 0.750. The van der Waals surface area contributed by atoms with Gasteiger partial charge in [-0.05, 0) is 38.5 Å². The number of hydrogen-bond acceptors (Lipinski definition) is 9. The van der Waals surface area contributed by atoms with Crippen molar-refractivity contribution in [3.05, 3.63) is 60.8 Å². The minimum Gasteiger partial charge on any atom is -0.462 e. The van der Waals surface area contributed by atoms with Crippen LogP contribution in [0.3, 0.4) is 0 Å². The van der Waals surface area contributed by atoms with E-state index in [1.54, 1.807) is 6.08 Å². The number of aliphatic hydroxyl groups is 2. The maximum atomic E-state index is 12.6. The Balaban J connectivity index is 4.29. The van der Waals surface area contributed by atoms with Crippen LogP contribution in [0.25, 0.3) is 0 Å². The van der Waals surface area contributed by atoms with Crippen molar-refractivity contribution in [2.75, 3.05) is 26.4 Å². The van der Waals surface area contributed by atoms with Gasteiger partial charge in [-0.2, -0.15) is 0 Å². The van der Waals surface area contributed by atoms with Crippen LogP contribution in [0.4, 0.5) is 0 Å². The third-order valence-corrected chi connectivity index (χ3v) is 10.7. The predicted octanol–water partition coefficient (Wildman–Crippen LogP) is 12.7. The molecule has 0 heterocycles. The highest BCUT2D eigenvalue weighted by Crippen LogP contribution is 2.43. The summed E-state index contributed by atoms with van der Waals surface area (Å²) < 4.78 is 32.6. The van der Waals surface area contributed by atoms with E-state index < -0.39 is 51.8 Å². The molecule has 59 heavy (non-hydrogen) atoms. The molecule has 0 spiro atoms. The number of aliphatic hydroxyl groups excluding tert-OH is 2. The average molecular weight is 853 g/mol. The fourth-order valence-electron chi connectivity index (χ4n) is 6.19. The van der Waals surface area contributed by atoms with Crippen LogP contribution >= 0.6 is 7.82 Å². The molecule has 0 rings (SSSR count). The van der Waals surface area contributed by atoms with Crippen molar-refractivity contribution < 1.29 is 47.8 Å². The second-order valence-corrected chi connectivity index (χ2v) is 16.9. The van der Waals surface area contributed by atoms with Crippen LogP contribution in [0.2, 0.25) is 0 Å². The van der Waals surface area contributed by atoms with Crippen molar-refractivity contribution >= 4 is 19.8 Å². The van der Waals surface area contributed by atoms with E-state index in [0.29, 0.717) is 12.8 Å². The Bertz CT molecular complexity index is 1160. The molecule has 0 bridgehead atoms. The molecule has 0 aromatic carbocycles. The molecule has 3 N–H and O–H groups in total. The molecule has 0 aliphatic rings. The number of phosphoric ester groups is 1. The first kappa shape index (κ1) is 56.7. The minimum atomic E-state index is -4.64. The van der Waals surface area contributed by atoms with Crippen LogP contribution in [0.5, 0.6) is 0 Å². The summed E-state index contributed by atoms with van der Waals surface area (Å²) in [6.45, 7) is 2.17. The van der Waals surface area contributed by atoms with Gasteiger partial charge in [0.25, 0.3) is 0 Å². The lowest BCUT2D eigenvalue weighted by molar-refractivity contribution is -0.160. The highest BCUT2D eigenvalue weighted by atomic mass is 31.2. The van der Waals surface area contributed by atoms with E-state index >= 15 is 0 Å². The number of carbonyl (C=O) groups excluding carboxylic acids is 2. The summed E-state index contributed by atoms with van der Waals surface area (Å²) in [5.41, 5.74) is 0.